The molecule has 1 atom stereocenters. The fourth-order valence-corrected chi connectivity index (χ4v) is 1.09. The molecule has 0 aromatic carbocycles. The molecule has 5 nitrogen and oxygen atoms in total. The van der Waals surface area contributed by atoms with Crippen molar-refractivity contribution in [2.24, 2.45) is 11.5 Å². The predicted molar refractivity (Wildman–Crippen MR) is 43.0 cm³/mol. The Kier molecular flexibility index (Phi) is 1.83. The molecule has 0 aromatic heterocycles. The molecule has 1 heterocycles. The highest BCUT2D eigenvalue weighted by atomic mass is 16.2. The SMILES string of the molecule is CC(C)(C(N)=O)N1CC(N)C1=O. The van der Waals surface area contributed by atoms with Gasteiger partial charge >= 0.3 is 0 Å². The van der Waals surface area contributed by atoms with Crippen LogP contribution in [0.3, 0.4) is 0 Å². The number of hydrogen-bond acceptors (Lipinski definition) is 3. The summed E-state index contributed by atoms with van der Waals surface area (Å²) in [6.45, 7) is 3.63. The van der Waals surface area contributed by atoms with Crippen molar-refractivity contribution in [3.05, 3.63) is 0 Å². The lowest BCUT2D eigenvalue weighted by atomic mass is 9.95. The molecule has 12 heavy (non-hydrogen) atoms. The van der Waals surface area contributed by atoms with Crippen LogP contribution in [-0.2, 0) is 9.59 Å². The summed E-state index contributed by atoms with van der Waals surface area (Å²) in [5.74, 6) is -0.721. The summed E-state index contributed by atoms with van der Waals surface area (Å²) in [7, 11) is 0. The van der Waals surface area contributed by atoms with E-state index in [0.29, 0.717) is 6.54 Å². The Morgan fingerprint density at radius 2 is 2.17 bits per heavy atom. The lowest BCUT2D eigenvalue weighted by molar-refractivity contribution is -0.155. The van der Waals surface area contributed by atoms with Gasteiger partial charge in [0.2, 0.25) is 11.8 Å². The van der Waals surface area contributed by atoms with Crippen LogP contribution in [0, 0.1) is 0 Å². The van der Waals surface area contributed by atoms with E-state index in [1.807, 2.05) is 0 Å². The van der Waals surface area contributed by atoms with Crippen molar-refractivity contribution in [2.75, 3.05) is 6.54 Å². The molecular weight excluding hydrogens is 158 g/mol. The zero-order valence-electron chi connectivity index (χ0n) is 7.20. The average Bonchev–Trinajstić information content (AvgIpc) is 1.98. The van der Waals surface area contributed by atoms with Gasteiger partial charge < -0.3 is 16.4 Å². The van der Waals surface area contributed by atoms with Crippen LogP contribution in [0.1, 0.15) is 13.8 Å². The van der Waals surface area contributed by atoms with Crippen molar-refractivity contribution in [1.82, 2.24) is 4.90 Å². The number of carbonyl (C=O) groups excluding carboxylic acids is 2. The Bertz CT molecular complexity index is 237. The molecule has 0 spiro atoms. The summed E-state index contributed by atoms with van der Waals surface area (Å²) in [5.41, 5.74) is 9.57. The van der Waals surface area contributed by atoms with Crippen molar-refractivity contribution in [1.29, 1.82) is 0 Å². The van der Waals surface area contributed by atoms with Crippen molar-refractivity contribution in [2.45, 2.75) is 25.4 Å². The number of carbonyl (C=O) groups is 2. The Balaban J connectivity index is 2.73. The van der Waals surface area contributed by atoms with Gasteiger partial charge in [-0.05, 0) is 13.8 Å². The third-order valence-corrected chi connectivity index (χ3v) is 2.24. The maximum Gasteiger partial charge on any atom is 0.242 e. The second kappa shape index (κ2) is 2.45. The fourth-order valence-electron chi connectivity index (χ4n) is 1.09. The van der Waals surface area contributed by atoms with Gasteiger partial charge in [0.05, 0.1) is 0 Å². The molecule has 4 N–H and O–H groups in total. The van der Waals surface area contributed by atoms with E-state index in [4.69, 9.17) is 11.5 Å². The number of nitrogens with zero attached hydrogens (tertiary/aromatic N) is 1. The van der Waals surface area contributed by atoms with Crippen molar-refractivity contribution in [3.63, 3.8) is 0 Å². The molecule has 1 aliphatic rings. The van der Waals surface area contributed by atoms with Crippen LogP contribution >= 0.6 is 0 Å². The van der Waals surface area contributed by atoms with Gasteiger partial charge in [0, 0.05) is 6.54 Å². The first-order valence-electron chi connectivity index (χ1n) is 3.74. The number of rotatable bonds is 2. The molecule has 1 rings (SSSR count). The molecule has 0 saturated carbocycles. The highest BCUT2D eigenvalue weighted by Crippen LogP contribution is 2.21. The maximum absolute atomic E-state index is 11.1. The number of β-lactam (4-membered cyclic amide) rings is 1. The van der Waals surface area contributed by atoms with Crippen LogP contribution < -0.4 is 11.5 Å². The number of primary amides is 1. The summed E-state index contributed by atoms with van der Waals surface area (Å²) >= 11 is 0. The number of hydrogen-bond donors (Lipinski definition) is 2. The van der Waals surface area contributed by atoms with E-state index in [2.05, 4.69) is 0 Å². The minimum absolute atomic E-state index is 0.209. The van der Waals surface area contributed by atoms with E-state index >= 15 is 0 Å². The van der Waals surface area contributed by atoms with E-state index in [9.17, 15) is 9.59 Å². The van der Waals surface area contributed by atoms with Gasteiger partial charge in [-0.2, -0.15) is 0 Å². The molecule has 0 radical (unpaired) electrons. The summed E-state index contributed by atoms with van der Waals surface area (Å²) < 4.78 is 0. The number of nitrogens with two attached hydrogens (primary N) is 2. The zero-order chi connectivity index (χ0) is 9.52. The molecule has 0 aromatic rings. The van der Waals surface area contributed by atoms with Gasteiger partial charge in [0.25, 0.3) is 0 Å². The molecule has 1 unspecified atom stereocenters. The monoisotopic (exact) mass is 171 g/mol. The van der Waals surface area contributed by atoms with Gasteiger partial charge in [0.15, 0.2) is 0 Å². The predicted octanol–water partition coefficient (Wildman–Crippen LogP) is -1.58. The first-order chi connectivity index (χ1) is 5.37. The van der Waals surface area contributed by atoms with E-state index in [1.54, 1.807) is 13.8 Å². The van der Waals surface area contributed by atoms with Crippen LogP contribution in [0.5, 0.6) is 0 Å². The van der Waals surface area contributed by atoms with E-state index in [1.165, 1.54) is 4.90 Å². The second-order valence-corrected chi connectivity index (χ2v) is 3.48. The summed E-state index contributed by atoms with van der Waals surface area (Å²) in [6.07, 6.45) is 0. The lowest BCUT2D eigenvalue weighted by Gasteiger charge is -2.45. The van der Waals surface area contributed by atoms with E-state index < -0.39 is 17.5 Å². The van der Waals surface area contributed by atoms with Crippen LogP contribution in [0.15, 0.2) is 0 Å². The maximum atomic E-state index is 11.1. The minimum Gasteiger partial charge on any atom is -0.368 e. The molecule has 0 aliphatic carbocycles. The fraction of sp³-hybridized carbons (Fsp3) is 0.714. The molecule has 0 bridgehead atoms. The van der Waals surface area contributed by atoms with Crippen LogP contribution in [0.4, 0.5) is 0 Å². The molecule has 2 amide bonds. The molecule has 5 heteroatoms. The van der Waals surface area contributed by atoms with Crippen molar-refractivity contribution in [3.8, 4) is 0 Å². The topological polar surface area (TPSA) is 89.4 Å². The van der Waals surface area contributed by atoms with Crippen LogP contribution in [0.2, 0.25) is 0 Å². The largest absolute Gasteiger partial charge is 0.368 e. The Labute approximate surface area is 70.7 Å². The number of likely N-dealkylation sites (tertiary alicyclic amines) is 1. The third-order valence-electron chi connectivity index (χ3n) is 2.24. The summed E-state index contributed by atoms with van der Waals surface area (Å²) in [6, 6.07) is -0.455. The molecular formula is C7H13N3O2. The molecule has 1 aliphatic heterocycles. The van der Waals surface area contributed by atoms with Gasteiger partial charge in [-0.25, -0.2) is 0 Å². The Morgan fingerprint density at radius 1 is 1.67 bits per heavy atom. The minimum atomic E-state index is -0.910. The van der Waals surface area contributed by atoms with Gasteiger partial charge in [-0.1, -0.05) is 0 Å². The quantitative estimate of drug-likeness (QED) is 0.491. The Morgan fingerprint density at radius 3 is 2.42 bits per heavy atom. The highest BCUT2D eigenvalue weighted by molar-refractivity contribution is 5.95. The van der Waals surface area contributed by atoms with Gasteiger partial charge in [0.1, 0.15) is 11.6 Å². The summed E-state index contributed by atoms with van der Waals surface area (Å²) in [5, 5.41) is 0. The van der Waals surface area contributed by atoms with E-state index in [-0.39, 0.29) is 5.91 Å². The van der Waals surface area contributed by atoms with E-state index in [0.717, 1.165) is 0 Å². The highest BCUT2D eigenvalue weighted by Gasteiger charge is 2.45. The normalized spacial score (nSPS) is 23.8. The van der Waals surface area contributed by atoms with Gasteiger partial charge in [-0.15, -0.1) is 0 Å². The molecule has 68 valence electrons. The van der Waals surface area contributed by atoms with Crippen LogP contribution in [-0.4, -0.2) is 34.8 Å². The standard InChI is InChI=1S/C7H13N3O2/c1-7(2,6(9)12)10-3-4(8)5(10)11/h4H,3,8H2,1-2H3,(H2,9,12). The lowest BCUT2D eigenvalue weighted by Crippen LogP contribution is -2.70. The van der Waals surface area contributed by atoms with Gasteiger partial charge in [-0.3, -0.25) is 9.59 Å². The molecule has 1 saturated heterocycles. The smallest absolute Gasteiger partial charge is 0.242 e. The van der Waals surface area contributed by atoms with Crippen molar-refractivity contribution < 1.29 is 9.59 Å². The third kappa shape index (κ3) is 1.06. The number of amides is 2. The first kappa shape index (κ1) is 8.99. The first-order valence-corrected chi connectivity index (χ1v) is 3.74. The van der Waals surface area contributed by atoms with Crippen LogP contribution in [0.25, 0.3) is 0 Å². The Hall–Kier alpha value is -1.10. The summed E-state index contributed by atoms with van der Waals surface area (Å²) in [4.78, 5) is 23.4. The van der Waals surface area contributed by atoms with Crippen molar-refractivity contribution >= 4 is 11.8 Å². The average molecular weight is 171 g/mol. The second-order valence-electron chi connectivity index (χ2n) is 3.48. The molecule has 1 fully saturated rings. The zero-order valence-corrected chi connectivity index (χ0v) is 7.20.